The van der Waals surface area contributed by atoms with Crippen molar-refractivity contribution in [2.45, 2.75) is 25.8 Å². The number of carbonyl (C=O) groups excluding carboxylic acids is 1. The second-order valence-electron chi connectivity index (χ2n) is 4.66. The smallest absolute Gasteiger partial charge is 0.220 e. The molecule has 0 unspecified atom stereocenters. The summed E-state index contributed by atoms with van der Waals surface area (Å²) >= 11 is 0. The molecule has 3 nitrogen and oxygen atoms in total. The van der Waals surface area contributed by atoms with E-state index < -0.39 is 0 Å². The summed E-state index contributed by atoms with van der Waals surface area (Å²) in [4.78, 5) is 11.7. The molecule has 19 heavy (non-hydrogen) atoms. The van der Waals surface area contributed by atoms with Crippen LogP contribution in [0.1, 0.15) is 24.8 Å². The van der Waals surface area contributed by atoms with Crippen molar-refractivity contribution in [2.24, 2.45) is 5.73 Å². The van der Waals surface area contributed by atoms with E-state index in [9.17, 15) is 4.79 Å². The first-order valence-corrected chi connectivity index (χ1v) is 6.74. The summed E-state index contributed by atoms with van der Waals surface area (Å²) < 4.78 is 0. The predicted molar refractivity (Wildman–Crippen MR) is 78.7 cm³/mol. The molecule has 0 aliphatic heterocycles. The maximum atomic E-state index is 11.7. The van der Waals surface area contributed by atoms with Gasteiger partial charge in [-0.15, -0.1) is 0 Å². The van der Waals surface area contributed by atoms with Gasteiger partial charge in [0.1, 0.15) is 0 Å². The van der Waals surface area contributed by atoms with Crippen LogP contribution < -0.4 is 11.1 Å². The van der Waals surface area contributed by atoms with Crippen molar-refractivity contribution < 1.29 is 4.79 Å². The van der Waals surface area contributed by atoms with Crippen molar-refractivity contribution in [3.05, 3.63) is 48.0 Å². The van der Waals surface area contributed by atoms with Gasteiger partial charge in [0.2, 0.25) is 5.91 Å². The van der Waals surface area contributed by atoms with Gasteiger partial charge in [-0.2, -0.15) is 0 Å². The number of fused-ring (bicyclic) bond motifs is 1. The molecule has 0 bridgehead atoms. The highest BCUT2D eigenvalue weighted by atomic mass is 16.1. The predicted octanol–water partition coefficient (Wildman–Crippen LogP) is 2.59. The Kier molecular flexibility index (Phi) is 4.93. The summed E-state index contributed by atoms with van der Waals surface area (Å²) in [6.45, 7) is 1.24. The summed E-state index contributed by atoms with van der Waals surface area (Å²) in [5.74, 6) is 0.0985. The number of nitrogens with two attached hydrogens (primary N) is 1. The molecule has 0 spiro atoms. The first kappa shape index (κ1) is 13.6. The molecule has 2 aromatic rings. The lowest BCUT2D eigenvalue weighted by Gasteiger charge is -2.08. The number of unbranched alkanes of at least 4 members (excludes halogenated alkanes) is 1. The van der Waals surface area contributed by atoms with E-state index in [1.54, 1.807) is 0 Å². The minimum absolute atomic E-state index is 0.0985. The largest absolute Gasteiger partial charge is 0.352 e. The second kappa shape index (κ2) is 6.90. The van der Waals surface area contributed by atoms with Gasteiger partial charge in [-0.1, -0.05) is 42.5 Å². The minimum Gasteiger partial charge on any atom is -0.352 e. The maximum Gasteiger partial charge on any atom is 0.220 e. The molecule has 0 saturated carbocycles. The number of rotatable bonds is 6. The van der Waals surface area contributed by atoms with Crippen molar-refractivity contribution in [3.8, 4) is 0 Å². The molecule has 0 aliphatic carbocycles. The number of hydrogen-bond acceptors (Lipinski definition) is 2. The summed E-state index contributed by atoms with van der Waals surface area (Å²) in [5, 5.41) is 5.38. The zero-order chi connectivity index (χ0) is 13.5. The van der Waals surface area contributed by atoms with E-state index in [4.69, 9.17) is 5.73 Å². The Balaban J connectivity index is 1.96. The monoisotopic (exact) mass is 256 g/mol. The zero-order valence-corrected chi connectivity index (χ0v) is 11.1. The van der Waals surface area contributed by atoms with Crippen molar-refractivity contribution in [1.29, 1.82) is 0 Å². The molecule has 0 heterocycles. The molecule has 0 aromatic heterocycles. The van der Waals surface area contributed by atoms with Gasteiger partial charge in [-0.05, 0) is 35.7 Å². The number of amides is 1. The summed E-state index contributed by atoms with van der Waals surface area (Å²) in [7, 11) is 0. The third kappa shape index (κ3) is 3.80. The van der Waals surface area contributed by atoms with Gasteiger partial charge in [-0.3, -0.25) is 4.79 Å². The molecule has 0 fully saturated rings. The molecule has 100 valence electrons. The lowest BCUT2D eigenvalue weighted by atomic mass is 10.0. The first-order chi connectivity index (χ1) is 9.31. The number of carbonyl (C=O) groups is 1. The van der Waals surface area contributed by atoms with E-state index in [1.807, 2.05) is 18.2 Å². The van der Waals surface area contributed by atoms with Crippen LogP contribution in [0.25, 0.3) is 10.8 Å². The van der Waals surface area contributed by atoms with Crippen LogP contribution >= 0.6 is 0 Å². The Morgan fingerprint density at radius 2 is 1.84 bits per heavy atom. The Morgan fingerprint density at radius 1 is 1.05 bits per heavy atom. The standard InChI is InChI=1S/C16H20N2O/c17-11-4-3-10-16(19)18-12-14-8-5-7-13-6-1-2-9-15(13)14/h1-2,5-9H,3-4,10-12,17H2,(H,18,19). The molecule has 3 heteroatoms. The first-order valence-electron chi connectivity index (χ1n) is 6.74. The fourth-order valence-electron chi connectivity index (χ4n) is 2.16. The molecule has 2 aromatic carbocycles. The van der Waals surface area contributed by atoms with Gasteiger partial charge in [0.05, 0.1) is 0 Å². The van der Waals surface area contributed by atoms with Crippen LogP contribution in [-0.2, 0) is 11.3 Å². The van der Waals surface area contributed by atoms with E-state index in [2.05, 4.69) is 29.6 Å². The van der Waals surface area contributed by atoms with Crippen LogP contribution in [-0.4, -0.2) is 12.5 Å². The Morgan fingerprint density at radius 3 is 2.68 bits per heavy atom. The lowest BCUT2D eigenvalue weighted by Crippen LogP contribution is -2.22. The minimum atomic E-state index is 0.0985. The quantitative estimate of drug-likeness (QED) is 0.780. The molecule has 2 rings (SSSR count). The number of hydrogen-bond donors (Lipinski definition) is 2. The van der Waals surface area contributed by atoms with Gasteiger partial charge < -0.3 is 11.1 Å². The van der Waals surface area contributed by atoms with Crippen LogP contribution in [0.3, 0.4) is 0 Å². The number of nitrogens with one attached hydrogen (secondary N) is 1. The highest BCUT2D eigenvalue weighted by Gasteiger charge is 2.03. The van der Waals surface area contributed by atoms with Gasteiger partial charge in [0.15, 0.2) is 0 Å². The molecule has 0 saturated heterocycles. The fourth-order valence-corrected chi connectivity index (χ4v) is 2.16. The average molecular weight is 256 g/mol. The zero-order valence-electron chi connectivity index (χ0n) is 11.1. The van der Waals surface area contributed by atoms with E-state index in [0.29, 0.717) is 19.5 Å². The topological polar surface area (TPSA) is 55.1 Å². The number of benzene rings is 2. The Labute approximate surface area is 113 Å². The molecule has 3 N–H and O–H groups in total. The molecule has 1 amide bonds. The average Bonchev–Trinajstić information content (AvgIpc) is 2.45. The van der Waals surface area contributed by atoms with Crippen molar-refractivity contribution in [1.82, 2.24) is 5.32 Å². The fraction of sp³-hybridized carbons (Fsp3) is 0.312. The SMILES string of the molecule is NCCCCC(=O)NCc1cccc2ccccc12. The van der Waals surface area contributed by atoms with Crippen LogP contribution in [0.15, 0.2) is 42.5 Å². The van der Waals surface area contributed by atoms with E-state index in [-0.39, 0.29) is 5.91 Å². The molecule has 0 atom stereocenters. The maximum absolute atomic E-state index is 11.7. The third-order valence-electron chi connectivity index (χ3n) is 3.21. The molecule has 0 radical (unpaired) electrons. The van der Waals surface area contributed by atoms with Crippen LogP contribution in [0.2, 0.25) is 0 Å². The summed E-state index contributed by atoms with van der Waals surface area (Å²) in [6, 6.07) is 14.4. The second-order valence-corrected chi connectivity index (χ2v) is 4.66. The summed E-state index contributed by atoms with van der Waals surface area (Å²) in [5.41, 5.74) is 6.57. The highest BCUT2D eigenvalue weighted by molar-refractivity contribution is 5.86. The van der Waals surface area contributed by atoms with E-state index >= 15 is 0 Å². The van der Waals surface area contributed by atoms with Gasteiger partial charge >= 0.3 is 0 Å². The van der Waals surface area contributed by atoms with E-state index in [1.165, 1.54) is 10.8 Å². The van der Waals surface area contributed by atoms with Crippen LogP contribution in [0.4, 0.5) is 0 Å². The van der Waals surface area contributed by atoms with Crippen molar-refractivity contribution in [2.75, 3.05) is 6.54 Å². The summed E-state index contributed by atoms with van der Waals surface area (Å²) in [6.07, 6.45) is 2.32. The van der Waals surface area contributed by atoms with Gasteiger partial charge in [0.25, 0.3) is 0 Å². The van der Waals surface area contributed by atoms with Crippen LogP contribution in [0.5, 0.6) is 0 Å². The Hall–Kier alpha value is -1.87. The van der Waals surface area contributed by atoms with Crippen molar-refractivity contribution in [3.63, 3.8) is 0 Å². The van der Waals surface area contributed by atoms with Gasteiger partial charge in [-0.25, -0.2) is 0 Å². The normalized spacial score (nSPS) is 10.6. The highest BCUT2D eigenvalue weighted by Crippen LogP contribution is 2.18. The Bertz CT molecular complexity index is 546. The van der Waals surface area contributed by atoms with E-state index in [0.717, 1.165) is 18.4 Å². The molecular weight excluding hydrogens is 236 g/mol. The van der Waals surface area contributed by atoms with Crippen LogP contribution in [0, 0.1) is 0 Å². The molecular formula is C16H20N2O. The van der Waals surface area contributed by atoms with Gasteiger partial charge in [0, 0.05) is 13.0 Å². The van der Waals surface area contributed by atoms with Crippen molar-refractivity contribution >= 4 is 16.7 Å². The lowest BCUT2D eigenvalue weighted by molar-refractivity contribution is -0.121. The third-order valence-corrected chi connectivity index (χ3v) is 3.21. The molecule has 0 aliphatic rings.